The van der Waals surface area contributed by atoms with Crippen molar-refractivity contribution in [3.63, 3.8) is 0 Å². The highest BCUT2D eigenvalue weighted by Crippen LogP contribution is 2.15. The number of carbonyl (C=O) groups is 1. The molecule has 0 radical (unpaired) electrons. The van der Waals surface area contributed by atoms with Gasteiger partial charge < -0.3 is 15.2 Å². The van der Waals surface area contributed by atoms with Crippen LogP contribution in [0.25, 0.3) is 0 Å². The topological polar surface area (TPSA) is 58.6 Å². The standard InChI is InChI=1S/C13H19NO3S/c1-3-4-6-17-10(2)13(16)14-8-12(15)11-5-7-18-9-11/h3,5,7,9-10,12,15H,1,4,6,8H2,2H3,(H,14,16). The van der Waals surface area contributed by atoms with Crippen molar-refractivity contribution in [3.8, 4) is 0 Å². The lowest BCUT2D eigenvalue weighted by atomic mass is 10.2. The van der Waals surface area contributed by atoms with Gasteiger partial charge in [0.2, 0.25) is 5.91 Å². The van der Waals surface area contributed by atoms with E-state index in [9.17, 15) is 9.90 Å². The third-order valence-corrected chi connectivity index (χ3v) is 3.16. The summed E-state index contributed by atoms with van der Waals surface area (Å²) in [5.74, 6) is -0.214. The molecule has 0 aliphatic rings. The van der Waals surface area contributed by atoms with Gasteiger partial charge in [0.15, 0.2) is 0 Å². The third kappa shape index (κ3) is 5.00. The van der Waals surface area contributed by atoms with Crippen LogP contribution < -0.4 is 5.32 Å². The van der Waals surface area contributed by atoms with Crippen LogP contribution in [0.2, 0.25) is 0 Å². The number of nitrogens with one attached hydrogen (secondary N) is 1. The second kappa shape index (κ2) is 8.02. The number of aliphatic hydroxyl groups is 1. The summed E-state index contributed by atoms with van der Waals surface area (Å²) in [4.78, 5) is 11.6. The van der Waals surface area contributed by atoms with E-state index in [-0.39, 0.29) is 12.5 Å². The van der Waals surface area contributed by atoms with Crippen molar-refractivity contribution in [1.82, 2.24) is 5.32 Å². The summed E-state index contributed by atoms with van der Waals surface area (Å²) in [6.07, 6.45) is 1.28. The fraction of sp³-hybridized carbons (Fsp3) is 0.462. The van der Waals surface area contributed by atoms with E-state index in [0.29, 0.717) is 6.61 Å². The first kappa shape index (κ1) is 14.9. The lowest BCUT2D eigenvalue weighted by Gasteiger charge is -2.15. The zero-order chi connectivity index (χ0) is 13.4. The fourth-order valence-electron chi connectivity index (χ4n) is 1.33. The molecule has 0 bridgehead atoms. The van der Waals surface area contributed by atoms with Crippen molar-refractivity contribution in [2.75, 3.05) is 13.2 Å². The SMILES string of the molecule is C=CCCOC(C)C(=O)NCC(O)c1ccsc1. The van der Waals surface area contributed by atoms with Crippen molar-refractivity contribution in [3.05, 3.63) is 35.0 Å². The summed E-state index contributed by atoms with van der Waals surface area (Å²) in [5, 5.41) is 16.2. The minimum Gasteiger partial charge on any atom is -0.387 e. The van der Waals surface area contributed by atoms with Gasteiger partial charge in [0.05, 0.1) is 12.7 Å². The van der Waals surface area contributed by atoms with E-state index in [2.05, 4.69) is 11.9 Å². The number of carbonyl (C=O) groups excluding carboxylic acids is 1. The van der Waals surface area contributed by atoms with Gasteiger partial charge in [-0.15, -0.1) is 6.58 Å². The lowest BCUT2D eigenvalue weighted by Crippen LogP contribution is -2.37. The molecular weight excluding hydrogens is 250 g/mol. The number of amides is 1. The Balaban J connectivity index is 2.25. The Labute approximate surface area is 111 Å². The Morgan fingerprint density at radius 1 is 1.72 bits per heavy atom. The Bertz CT molecular complexity index is 364. The number of hydrogen-bond acceptors (Lipinski definition) is 4. The summed E-state index contributed by atoms with van der Waals surface area (Å²) in [6, 6.07) is 1.84. The van der Waals surface area contributed by atoms with Crippen LogP contribution in [-0.4, -0.2) is 30.3 Å². The summed E-state index contributed by atoms with van der Waals surface area (Å²) < 4.78 is 5.30. The number of hydrogen-bond donors (Lipinski definition) is 2. The van der Waals surface area contributed by atoms with E-state index in [0.717, 1.165) is 12.0 Å². The lowest BCUT2D eigenvalue weighted by molar-refractivity contribution is -0.132. The van der Waals surface area contributed by atoms with Gasteiger partial charge >= 0.3 is 0 Å². The van der Waals surface area contributed by atoms with E-state index < -0.39 is 12.2 Å². The molecule has 0 saturated carbocycles. The van der Waals surface area contributed by atoms with Gasteiger partial charge in [0.25, 0.3) is 0 Å². The Morgan fingerprint density at radius 2 is 2.50 bits per heavy atom. The molecule has 18 heavy (non-hydrogen) atoms. The minimum absolute atomic E-state index is 0.199. The number of rotatable bonds is 8. The van der Waals surface area contributed by atoms with Crippen LogP contribution >= 0.6 is 11.3 Å². The Morgan fingerprint density at radius 3 is 3.11 bits per heavy atom. The van der Waals surface area contributed by atoms with Gasteiger partial charge in [0.1, 0.15) is 6.10 Å². The molecule has 5 heteroatoms. The molecule has 0 aliphatic carbocycles. The monoisotopic (exact) mass is 269 g/mol. The van der Waals surface area contributed by atoms with E-state index in [1.54, 1.807) is 13.0 Å². The molecule has 0 spiro atoms. The van der Waals surface area contributed by atoms with Crippen molar-refractivity contribution in [1.29, 1.82) is 0 Å². The van der Waals surface area contributed by atoms with Crippen LogP contribution in [0.1, 0.15) is 25.0 Å². The highest BCUT2D eigenvalue weighted by atomic mass is 32.1. The molecule has 4 nitrogen and oxygen atoms in total. The second-order valence-corrected chi connectivity index (χ2v) is 4.69. The van der Waals surface area contributed by atoms with Gasteiger partial charge in [-0.2, -0.15) is 11.3 Å². The zero-order valence-corrected chi connectivity index (χ0v) is 11.3. The average molecular weight is 269 g/mol. The molecule has 2 unspecified atom stereocenters. The molecule has 0 aromatic carbocycles. The maximum absolute atomic E-state index is 11.6. The van der Waals surface area contributed by atoms with Crippen molar-refractivity contribution in [2.45, 2.75) is 25.6 Å². The third-order valence-electron chi connectivity index (χ3n) is 2.46. The van der Waals surface area contributed by atoms with E-state index in [1.165, 1.54) is 11.3 Å². The van der Waals surface area contributed by atoms with Crippen LogP contribution in [0.4, 0.5) is 0 Å². The molecule has 1 rings (SSSR count). The van der Waals surface area contributed by atoms with Gasteiger partial charge in [-0.3, -0.25) is 4.79 Å². The molecule has 0 fully saturated rings. The highest BCUT2D eigenvalue weighted by molar-refractivity contribution is 7.07. The molecular formula is C13H19NO3S. The Hall–Kier alpha value is -1.17. The molecule has 1 amide bonds. The molecule has 100 valence electrons. The summed E-state index contributed by atoms with van der Waals surface area (Å²) in [6.45, 7) is 5.94. The maximum Gasteiger partial charge on any atom is 0.248 e. The second-order valence-electron chi connectivity index (χ2n) is 3.91. The van der Waals surface area contributed by atoms with Crippen LogP contribution in [-0.2, 0) is 9.53 Å². The average Bonchev–Trinajstić information content (AvgIpc) is 2.89. The largest absolute Gasteiger partial charge is 0.387 e. The molecule has 2 atom stereocenters. The predicted molar refractivity (Wildman–Crippen MR) is 72.5 cm³/mol. The van der Waals surface area contributed by atoms with Gasteiger partial charge in [-0.1, -0.05) is 6.08 Å². The quantitative estimate of drug-likeness (QED) is 0.559. The van der Waals surface area contributed by atoms with Crippen LogP contribution in [0.15, 0.2) is 29.5 Å². The van der Waals surface area contributed by atoms with E-state index in [4.69, 9.17) is 4.74 Å². The van der Waals surface area contributed by atoms with Crippen LogP contribution in [0, 0.1) is 0 Å². The normalized spacial score (nSPS) is 13.9. The van der Waals surface area contributed by atoms with E-state index in [1.807, 2.05) is 16.8 Å². The summed E-state index contributed by atoms with van der Waals surface area (Å²) in [7, 11) is 0. The summed E-state index contributed by atoms with van der Waals surface area (Å²) >= 11 is 1.52. The molecule has 1 heterocycles. The number of aliphatic hydroxyl groups excluding tert-OH is 1. The molecule has 0 aliphatic heterocycles. The predicted octanol–water partition coefficient (Wildman–Crippen LogP) is 1.88. The number of ether oxygens (including phenoxy) is 1. The van der Waals surface area contributed by atoms with Gasteiger partial charge in [0, 0.05) is 6.54 Å². The summed E-state index contributed by atoms with van der Waals surface area (Å²) in [5.41, 5.74) is 0.820. The first-order valence-electron chi connectivity index (χ1n) is 5.85. The molecule has 0 saturated heterocycles. The highest BCUT2D eigenvalue weighted by Gasteiger charge is 2.15. The van der Waals surface area contributed by atoms with Crippen LogP contribution in [0.5, 0.6) is 0 Å². The zero-order valence-electron chi connectivity index (χ0n) is 10.5. The van der Waals surface area contributed by atoms with Crippen molar-refractivity contribution < 1.29 is 14.6 Å². The Kier molecular flexibility index (Phi) is 6.64. The maximum atomic E-state index is 11.6. The van der Waals surface area contributed by atoms with Gasteiger partial charge in [-0.05, 0) is 35.7 Å². The molecule has 2 N–H and O–H groups in total. The van der Waals surface area contributed by atoms with Crippen molar-refractivity contribution >= 4 is 17.2 Å². The number of thiophene rings is 1. The first-order chi connectivity index (χ1) is 8.65. The molecule has 1 aromatic heterocycles. The fourth-order valence-corrected chi connectivity index (χ4v) is 2.03. The first-order valence-corrected chi connectivity index (χ1v) is 6.79. The van der Waals surface area contributed by atoms with Crippen molar-refractivity contribution in [2.24, 2.45) is 0 Å². The minimum atomic E-state index is -0.666. The van der Waals surface area contributed by atoms with Gasteiger partial charge in [-0.25, -0.2) is 0 Å². The van der Waals surface area contributed by atoms with Crippen LogP contribution in [0.3, 0.4) is 0 Å². The smallest absolute Gasteiger partial charge is 0.248 e. The molecule has 1 aromatic rings. The van der Waals surface area contributed by atoms with E-state index >= 15 is 0 Å².